The van der Waals surface area contributed by atoms with Crippen LogP contribution in [0.3, 0.4) is 0 Å². The summed E-state index contributed by atoms with van der Waals surface area (Å²) >= 11 is 0. The van der Waals surface area contributed by atoms with E-state index in [0.29, 0.717) is 13.2 Å². The summed E-state index contributed by atoms with van der Waals surface area (Å²) in [7, 11) is 2.04. The summed E-state index contributed by atoms with van der Waals surface area (Å²) < 4.78 is 7.09. The molecule has 4 heteroatoms. The highest BCUT2D eigenvalue weighted by molar-refractivity contribution is 5.75. The molecular formula is C13H22N2O2. The van der Waals surface area contributed by atoms with Crippen LogP contribution in [0.4, 0.5) is 0 Å². The van der Waals surface area contributed by atoms with Crippen molar-refractivity contribution in [1.29, 1.82) is 0 Å². The Kier molecular flexibility index (Phi) is 4.75. The molecule has 17 heavy (non-hydrogen) atoms. The van der Waals surface area contributed by atoms with Crippen LogP contribution >= 0.6 is 0 Å². The Balaban J connectivity index is 2.55. The number of hydrogen-bond donors (Lipinski definition) is 1. The monoisotopic (exact) mass is 238 g/mol. The first-order valence-electron chi connectivity index (χ1n) is 5.99. The quantitative estimate of drug-likeness (QED) is 0.794. The van der Waals surface area contributed by atoms with Gasteiger partial charge in [0.05, 0.1) is 6.61 Å². The second-order valence-corrected chi connectivity index (χ2v) is 4.31. The maximum absolute atomic E-state index is 11.4. The van der Waals surface area contributed by atoms with Crippen molar-refractivity contribution in [3.05, 3.63) is 23.0 Å². The lowest BCUT2D eigenvalue weighted by Crippen LogP contribution is -2.35. The van der Waals surface area contributed by atoms with Crippen molar-refractivity contribution < 1.29 is 9.53 Å². The summed E-state index contributed by atoms with van der Waals surface area (Å²) in [5.74, 6) is -0.196. The minimum atomic E-state index is -0.269. The van der Waals surface area contributed by atoms with E-state index in [-0.39, 0.29) is 12.0 Å². The van der Waals surface area contributed by atoms with E-state index in [1.807, 2.05) is 20.9 Å². The number of nitrogens with one attached hydrogen (secondary N) is 1. The predicted molar refractivity (Wildman–Crippen MR) is 67.8 cm³/mol. The first-order chi connectivity index (χ1) is 7.97. The van der Waals surface area contributed by atoms with Crippen molar-refractivity contribution in [2.45, 2.75) is 40.3 Å². The molecule has 1 aromatic heterocycles. The second-order valence-electron chi connectivity index (χ2n) is 4.31. The second kappa shape index (κ2) is 5.87. The van der Waals surface area contributed by atoms with Crippen LogP contribution in [0.2, 0.25) is 0 Å². The van der Waals surface area contributed by atoms with Gasteiger partial charge in [-0.15, -0.1) is 0 Å². The van der Waals surface area contributed by atoms with E-state index < -0.39 is 0 Å². The lowest BCUT2D eigenvalue weighted by atomic mass is 10.2. The van der Waals surface area contributed by atoms with Gasteiger partial charge < -0.3 is 14.6 Å². The van der Waals surface area contributed by atoms with Crippen LogP contribution in [0.5, 0.6) is 0 Å². The fraction of sp³-hybridized carbons (Fsp3) is 0.615. The highest BCUT2D eigenvalue weighted by Gasteiger charge is 2.14. The third kappa shape index (κ3) is 3.33. The highest BCUT2D eigenvalue weighted by Crippen LogP contribution is 2.12. The van der Waals surface area contributed by atoms with Gasteiger partial charge in [-0.3, -0.25) is 4.79 Å². The van der Waals surface area contributed by atoms with E-state index in [1.54, 1.807) is 0 Å². The Labute approximate surface area is 103 Å². The lowest BCUT2D eigenvalue weighted by Gasteiger charge is -2.12. The molecule has 1 unspecified atom stereocenters. The van der Waals surface area contributed by atoms with Crippen molar-refractivity contribution in [3.63, 3.8) is 0 Å². The summed E-state index contributed by atoms with van der Waals surface area (Å²) in [6.45, 7) is 8.91. The molecule has 0 radical (unpaired) electrons. The van der Waals surface area contributed by atoms with Crippen LogP contribution in [0.15, 0.2) is 6.07 Å². The molecule has 96 valence electrons. The fourth-order valence-corrected chi connectivity index (χ4v) is 1.73. The molecule has 0 aliphatic carbocycles. The van der Waals surface area contributed by atoms with Crippen molar-refractivity contribution >= 4 is 5.97 Å². The number of carbonyl (C=O) groups excluding carboxylic acids is 1. The Morgan fingerprint density at radius 2 is 2.18 bits per heavy atom. The van der Waals surface area contributed by atoms with Crippen LogP contribution in [-0.2, 0) is 23.1 Å². The molecule has 4 nitrogen and oxygen atoms in total. The number of aromatic nitrogens is 1. The normalized spacial score (nSPS) is 12.5. The van der Waals surface area contributed by atoms with E-state index in [9.17, 15) is 4.79 Å². The zero-order chi connectivity index (χ0) is 13.0. The molecule has 0 bridgehead atoms. The maximum atomic E-state index is 11.4. The first kappa shape index (κ1) is 13.8. The van der Waals surface area contributed by atoms with Gasteiger partial charge in [-0.25, -0.2) is 0 Å². The van der Waals surface area contributed by atoms with E-state index in [4.69, 9.17) is 4.74 Å². The predicted octanol–water partition coefficient (Wildman–Crippen LogP) is 1.68. The summed E-state index contributed by atoms with van der Waals surface area (Å²) in [6, 6.07) is 1.87. The standard InChI is InChI=1S/C13H22N2O2/c1-6-17-13(16)10(3)14-8-12-7-9(2)15(5)11(12)4/h7,10,14H,6,8H2,1-5H3. The summed E-state index contributed by atoms with van der Waals surface area (Å²) in [6.07, 6.45) is 0. The molecule has 0 aliphatic heterocycles. The minimum Gasteiger partial charge on any atom is -0.465 e. The maximum Gasteiger partial charge on any atom is 0.322 e. The lowest BCUT2D eigenvalue weighted by molar-refractivity contribution is -0.145. The zero-order valence-electron chi connectivity index (χ0n) is 11.3. The number of esters is 1. The Bertz CT molecular complexity index is 396. The molecule has 1 atom stereocenters. The third-order valence-corrected chi connectivity index (χ3v) is 3.12. The van der Waals surface area contributed by atoms with Crippen molar-refractivity contribution in [2.24, 2.45) is 7.05 Å². The molecule has 0 aliphatic rings. The molecule has 0 saturated heterocycles. The summed E-state index contributed by atoms with van der Waals surface area (Å²) in [5.41, 5.74) is 3.68. The Hall–Kier alpha value is -1.29. The van der Waals surface area contributed by atoms with Gasteiger partial charge in [0.15, 0.2) is 0 Å². The van der Waals surface area contributed by atoms with E-state index in [0.717, 1.165) is 0 Å². The first-order valence-corrected chi connectivity index (χ1v) is 5.99. The number of rotatable bonds is 5. The molecule has 1 heterocycles. The summed E-state index contributed by atoms with van der Waals surface area (Å²) in [5, 5.41) is 3.18. The molecule has 1 rings (SSSR count). The van der Waals surface area contributed by atoms with E-state index in [1.165, 1.54) is 17.0 Å². The molecule has 0 aromatic carbocycles. The van der Waals surface area contributed by atoms with Crippen molar-refractivity contribution in [1.82, 2.24) is 9.88 Å². The minimum absolute atomic E-state index is 0.196. The Morgan fingerprint density at radius 3 is 2.65 bits per heavy atom. The molecular weight excluding hydrogens is 216 g/mol. The number of aryl methyl sites for hydroxylation is 1. The molecule has 1 N–H and O–H groups in total. The van der Waals surface area contributed by atoms with Gasteiger partial charge in [-0.05, 0) is 39.3 Å². The summed E-state index contributed by atoms with van der Waals surface area (Å²) in [4.78, 5) is 11.4. The van der Waals surface area contributed by atoms with Gasteiger partial charge in [0.1, 0.15) is 6.04 Å². The topological polar surface area (TPSA) is 43.3 Å². The molecule has 0 saturated carbocycles. The van der Waals surface area contributed by atoms with Crippen LogP contribution in [-0.4, -0.2) is 23.2 Å². The van der Waals surface area contributed by atoms with Gasteiger partial charge >= 0.3 is 5.97 Å². The largest absolute Gasteiger partial charge is 0.465 e. The smallest absolute Gasteiger partial charge is 0.322 e. The van der Waals surface area contributed by atoms with Crippen LogP contribution in [0.25, 0.3) is 0 Å². The SMILES string of the molecule is CCOC(=O)C(C)NCc1cc(C)n(C)c1C. The van der Waals surface area contributed by atoms with Gasteiger partial charge in [0.2, 0.25) is 0 Å². The van der Waals surface area contributed by atoms with Crippen molar-refractivity contribution in [3.8, 4) is 0 Å². The Morgan fingerprint density at radius 1 is 1.53 bits per heavy atom. The van der Waals surface area contributed by atoms with E-state index in [2.05, 4.69) is 29.8 Å². The average Bonchev–Trinajstić information content (AvgIpc) is 2.54. The van der Waals surface area contributed by atoms with Crippen LogP contribution < -0.4 is 5.32 Å². The number of hydrogen-bond acceptors (Lipinski definition) is 3. The molecule has 0 spiro atoms. The van der Waals surface area contributed by atoms with Crippen LogP contribution in [0, 0.1) is 13.8 Å². The van der Waals surface area contributed by atoms with Gasteiger partial charge in [-0.2, -0.15) is 0 Å². The highest BCUT2D eigenvalue weighted by atomic mass is 16.5. The van der Waals surface area contributed by atoms with Gasteiger partial charge in [0.25, 0.3) is 0 Å². The zero-order valence-corrected chi connectivity index (χ0v) is 11.3. The van der Waals surface area contributed by atoms with Crippen LogP contribution in [0.1, 0.15) is 30.8 Å². The molecule has 0 amide bonds. The van der Waals surface area contributed by atoms with E-state index >= 15 is 0 Å². The van der Waals surface area contributed by atoms with Gasteiger partial charge in [-0.1, -0.05) is 0 Å². The fourth-order valence-electron chi connectivity index (χ4n) is 1.73. The number of nitrogens with zero attached hydrogens (tertiary/aromatic N) is 1. The van der Waals surface area contributed by atoms with Crippen molar-refractivity contribution in [2.75, 3.05) is 6.61 Å². The number of carbonyl (C=O) groups is 1. The van der Waals surface area contributed by atoms with Gasteiger partial charge in [0, 0.05) is 25.0 Å². The average molecular weight is 238 g/mol. The number of ether oxygens (including phenoxy) is 1. The molecule has 0 fully saturated rings. The molecule has 1 aromatic rings. The third-order valence-electron chi connectivity index (χ3n) is 3.12.